The third kappa shape index (κ3) is 7.90. The van der Waals surface area contributed by atoms with Gasteiger partial charge >= 0.3 is 6.09 Å². The second-order valence-electron chi connectivity index (χ2n) is 7.87. The Labute approximate surface area is 158 Å². The highest BCUT2D eigenvalue weighted by atomic mass is 79.9. The lowest BCUT2D eigenvalue weighted by Crippen LogP contribution is -2.52. The third-order valence-electron chi connectivity index (χ3n) is 3.31. The van der Waals surface area contributed by atoms with Gasteiger partial charge in [-0.1, -0.05) is 29.8 Å². The highest BCUT2D eigenvalue weighted by Gasteiger charge is 2.31. The van der Waals surface area contributed by atoms with Crippen LogP contribution in [-0.2, 0) is 4.74 Å². The molecule has 0 saturated heterocycles. The van der Waals surface area contributed by atoms with E-state index in [-0.39, 0.29) is 6.61 Å². The third-order valence-corrected chi connectivity index (χ3v) is 3.80. The van der Waals surface area contributed by atoms with Crippen LogP contribution in [0.2, 0.25) is 0 Å². The number of aldehydes is 1. The van der Waals surface area contributed by atoms with Crippen molar-refractivity contribution in [2.24, 2.45) is 5.92 Å². The highest BCUT2D eigenvalue weighted by molar-refractivity contribution is 9.10. The van der Waals surface area contributed by atoms with Crippen LogP contribution in [0.4, 0.5) is 4.79 Å². The molecule has 0 aliphatic heterocycles. The van der Waals surface area contributed by atoms with Gasteiger partial charge in [0.25, 0.3) is 0 Å². The van der Waals surface area contributed by atoms with Gasteiger partial charge in [-0.3, -0.25) is 4.79 Å². The van der Waals surface area contributed by atoms with Gasteiger partial charge < -0.3 is 14.8 Å². The van der Waals surface area contributed by atoms with E-state index in [0.29, 0.717) is 23.7 Å². The molecule has 1 atom stereocenters. The predicted octanol–water partition coefficient (Wildman–Crippen LogP) is 4.97. The summed E-state index contributed by atoms with van der Waals surface area (Å²) in [6.07, 6.45) is 0.978. The van der Waals surface area contributed by atoms with E-state index in [1.165, 1.54) is 0 Å². The zero-order valence-electron chi connectivity index (χ0n) is 15.8. The van der Waals surface area contributed by atoms with Gasteiger partial charge in [-0.2, -0.15) is 0 Å². The number of hydrogen-bond donors (Lipinski definition) is 1. The Kier molecular flexibility index (Phi) is 7.47. The molecular formula is C19H28BrNO4. The molecule has 0 aliphatic rings. The molecule has 0 bridgehead atoms. The van der Waals surface area contributed by atoms with Crippen molar-refractivity contribution in [1.82, 2.24) is 5.32 Å². The van der Waals surface area contributed by atoms with E-state index in [1.807, 2.05) is 33.8 Å². The number of rotatable bonds is 7. The molecule has 0 fully saturated rings. The molecule has 25 heavy (non-hydrogen) atoms. The van der Waals surface area contributed by atoms with Gasteiger partial charge in [-0.05, 0) is 58.2 Å². The Morgan fingerprint density at radius 1 is 1.28 bits per heavy atom. The summed E-state index contributed by atoms with van der Waals surface area (Å²) in [4.78, 5) is 23.4. The Morgan fingerprint density at radius 3 is 2.44 bits per heavy atom. The van der Waals surface area contributed by atoms with Crippen LogP contribution in [0, 0.1) is 5.92 Å². The van der Waals surface area contributed by atoms with Gasteiger partial charge in [0.1, 0.15) is 18.0 Å². The molecule has 1 aromatic carbocycles. The summed E-state index contributed by atoms with van der Waals surface area (Å²) in [6, 6.07) is 5.24. The minimum atomic E-state index is -0.621. The molecule has 0 aromatic heterocycles. The first-order valence-corrected chi connectivity index (χ1v) is 9.12. The molecule has 1 rings (SSSR count). The minimum Gasteiger partial charge on any atom is -0.490 e. The van der Waals surface area contributed by atoms with Crippen LogP contribution in [0.1, 0.15) is 58.3 Å². The molecular weight excluding hydrogens is 386 g/mol. The van der Waals surface area contributed by atoms with E-state index < -0.39 is 17.2 Å². The van der Waals surface area contributed by atoms with Crippen LogP contribution in [0.3, 0.4) is 0 Å². The Balaban J connectivity index is 2.88. The Hall–Kier alpha value is -1.56. The first-order chi connectivity index (χ1) is 11.4. The molecule has 0 radical (unpaired) electrons. The number of ether oxygens (including phenoxy) is 2. The monoisotopic (exact) mass is 413 g/mol. The van der Waals surface area contributed by atoms with Crippen LogP contribution >= 0.6 is 15.9 Å². The summed E-state index contributed by atoms with van der Waals surface area (Å²) >= 11 is 3.33. The van der Waals surface area contributed by atoms with Crippen LogP contribution < -0.4 is 10.1 Å². The second-order valence-corrected chi connectivity index (χ2v) is 8.79. The number of benzene rings is 1. The van der Waals surface area contributed by atoms with E-state index in [4.69, 9.17) is 9.47 Å². The number of alkyl carbamates (subject to hydrolysis) is 1. The Morgan fingerprint density at radius 2 is 1.92 bits per heavy atom. The van der Waals surface area contributed by atoms with Gasteiger partial charge in [-0.25, -0.2) is 4.79 Å². The molecule has 0 aliphatic carbocycles. The smallest absolute Gasteiger partial charge is 0.408 e. The fourth-order valence-electron chi connectivity index (χ4n) is 2.58. The van der Waals surface area contributed by atoms with E-state index in [0.717, 1.165) is 10.8 Å². The number of carbonyl (C=O) groups is 2. The summed E-state index contributed by atoms with van der Waals surface area (Å²) in [6.45, 7) is 11.8. The average molecular weight is 414 g/mol. The molecule has 0 spiro atoms. The van der Waals surface area contributed by atoms with Crippen molar-refractivity contribution in [3.05, 3.63) is 28.2 Å². The fourth-order valence-corrected chi connectivity index (χ4v) is 2.96. The van der Waals surface area contributed by atoms with Crippen molar-refractivity contribution in [1.29, 1.82) is 0 Å². The lowest BCUT2D eigenvalue weighted by Gasteiger charge is -2.33. The molecule has 0 heterocycles. The second kappa shape index (κ2) is 8.70. The van der Waals surface area contributed by atoms with Crippen molar-refractivity contribution in [2.75, 3.05) is 6.61 Å². The van der Waals surface area contributed by atoms with E-state index in [2.05, 4.69) is 35.1 Å². The fraction of sp³-hybridized carbons (Fsp3) is 0.579. The molecule has 140 valence electrons. The number of amides is 1. The number of halogens is 1. The normalized spacial score (nSPS) is 13.9. The maximum absolute atomic E-state index is 12.2. The van der Waals surface area contributed by atoms with Crippen LogP contribution in [0.25, 0.3) is 0 Å². The topological polar surface area (TPSA) is 64.6 Å². The summed E-state index contributed by atoms with van der Waals surface area (Å²) in [5, 5.41) is 2.92. The lowest BCUT2D eigenvalue weighted by atomic mass is 9.91. The zero-order valence-corrected chi connectivity index (χ0v) is 17.4. The van der Waals surface area contributed by atoms with Crippen LogP contribution in [-0.4, -0.2) is 30.1 Å². The Bertz CT molecular complexity index is 610. The molecule has 5 nitrogen and oxygen atoms in total. The van der Waals surface area contributed by atoms with Crippen LogP contribution in [0.15, 0.2) is 22.7 Å². The average Bonchev–Trinajstić information content (AvgIpc) is 2.42. The van der Waals surface area contributed by atoms with Gasteiger partial charge in [0.15, 0.2) is 6.29 Å². The maximum atomic E-state index is 12.2. The van der Waals surface area contributed by atoms with Crippen molar-refractivity contribution >= 4 is 28.3 Å². The van der Waals surface area contributed by atoms with Crippen molar-refractivity contribution in [3.8, 4) is 5.75 Å². The minimum absolute atomic E-state index is 0.229. The van der Waals surface area contributed by atoms with E-state index in [1.54, 1.807) is 12.1 Å². The molecule has 1 amide bonds. The molecule has 1 aromatic rings. The standard InChI is InChI=1S/C19H28BrNO4/c1-13(2)10-19(6,21-17(23)25-18(3,4)5)12-24-16-8-7-15(20)9-14(16)11-22/h7-9,11,13H,10,12H2,1-6H3,(H,21,23). The van der Waals surface area contributed by atoms with Crippen molar-refractivity contribution in [2.45, 2.75) is 59.1 Å². The highest BCUT2D eigenvalue weighted by Crippen LogP contribution is 2.25. The molecule has 1 unspecified atom stereocenters. The predicted molar refractivity (Wildman–Crippen MR) is 102 cm³/mol. The quantitative estimate of drug-likeness (QED) is 0.640. The molecule has 0 saturated carbocycles. The van der Waals surface area contributed by atoms with Crippen molar-refractivity contribution in [3.63, 3.8) is 0 Å². The summed E-state index contributed by atoms with van der Waals surface area (Å²) < 4.78 is 12.0. The van der Waals surface area contributed by atoms with Gasteiger partial charge in [0.2, 0.25) is 0 Å². The number of carbonyl (C=O) groups excluding carboxylic acids is 2. The SMILES string of the molecule is CC(C)CC(C)(COc1ccc(Br)cc1C=O)NC(=O)OC(C)(C)C. The zero-order chi connectivity index (χ0) is 19.3. The van der Waals surface area contributed by atoms with Gasteiger partial charge in [-0.15, -0.1) is 0 Å². The van der Waals surface area contributed by atoms with E-state index in [9.17, 15) is 9.59 Å². The number of hydrogen-bond acceptors (Lipinski definition) is 4. The molecule has 1 N–H and O–H groups in total. The van der Waals surface area contributed by atoms with Gasteiger partial charge in [0.05, 0.1) is 11.1 Å². The summed E-state index contributed by atoms with van der Waals surface area (Å²) in [7, 11) is 0. The van der Waals surface area contributed by atoms with E-state index >= 15 is 0 Å². The molecule has 6 heteroatoms. The first kappa shape index (κ1) is 21.5. The largest absolute Gasteiger partial charge is 0.490 e. The first-order valence-electron chi connectivity index (χ1n) is 8.33. The summed E-state index contributed by atoms with van der Waals surface area (Å²) in [5.74, 6) is 0.832. The van der Waals surface area contributed by atoms with Crippen molar-refractivity contribution < 1.29 is 19.1 Å². The number of nitrogens with one attached hydrogen (secondary N) is 1. The lowest BCUT2D eigenvalue weighted by molar-refractivity contribution is 0.0407. The van der Waals surface area contributed by atoms with Crippen LogP contribution in [0.5, 0.6) is 5.75 Å². The summed E-state index contributed by atoms with van der Waals surface area (Å²) in [5.41, 5.74) is -0.734. The maximum Gasteiger partial charge on any atom is 0.408 e. The van der Waals surface area contributed by atoms with Gasteiger partial charge in [0, 0.05) is 4.47 Å².